The molecular formula is C25H41O4P. The summed E-state index contributed by atoms with van der Waals surface area (Å²) < 4.78 is 16.4. The quantitative estimate of drug-likeness (QED) is 0.433. The van der Waals surface area contributed by atoms with Gasteiger partial charge in [0.1, 0.15) is 0 Å². The highest BCUT2D eigenvalue weighted by atomic mass is 31.1. The molecule has 10 atom stereocenters. The molecule has 0 bridgehead atoms. The van der Waals surface area contributed by atoms with Gasteiger partial charge in [0, 0.05) is 12.1 Å². The summed E-state index contributed by atoms with van der Waals surface area (Å²) >= 11 is 0. The normalized spacial score (nSPS) is 49.0. The molecule has 0 radical (unpaired) electrons. The van der Waals surface area contributed by atoms with Crippen molar-refractivity contribution in [3.63, 3.8) is 0 Å². The number of aliphatic hydroxyl groups excluding tert-OH is 1. The smallest absolute Gasteiger partial charge is 0.305 e. The zero-order chi connectivity index (χ0) is 21.7. The van der Waals surface area contributed by atoms with Crippen molar-refractivity contribution in [2.45, 2.75) is 96.7 Å². The molecule has 0 saturated heterocycles. The molecule has 4 nitrogen and oxygen atoms in total. The van der Waals surface area contributed by atoms with E-state index in [9.17, 15) is 14.5 Å². The van der Waals surface area contributed by atoms with Gasteiger partial charge in [-0.25, -0.2) is 0 Å². The van der Waals surface area contributed by atoms with Crippen LogP contribution in [-0.2, 0) is 14.1 Å². The molecule has 4 rings (SSSR count). The van der Waals surface area contributed by atoms with Crippen molar-refractivity contribution >= 4 is 14.4 Å². The van der Waals surface area contributed by atoms with E-state index in [0.29, 0.717) is 61.5 Å². The van der Waals surface area contributed by atoms with Gasteiger partial charge in [0.05, 0.1) is 13.2 Å². The number of carbonyl (C=O) groups excluding carboxylic acids is 1. The Labute approximate surface area is 184 Å². The van der Waals surface area contributed by atoms with E-state index < -0.39 is 0 Å². The molecule has 4 aliphatic rings. The fraction of sp³-hybridized carbons (Fsp3) is 0.960. The van der Waals surface area contributed by atoms with E-state index >= 15 is 0 Å². The largest absolute Gasteiger partial charge is 0.469 e. The summed E-state index contributed by atoms with van der Waals surface area (Å²) in [6.45, 7) is 7.31. The Morgan fingerprint density at radius 2 is 1.80 bits per heavy atom. The molecule has 5 heteroatoms. The van der Waals surface area contributed by atoms with Gasteiger partial charge in [-0.1, -0.05) is 20.8 Å². The predicted molar refractivity (Wildman–Crippen MR) is 118 cm³/mol. The Kier molecular flexibility index (Phi) is 6.41. The van der Waals surface area contributed by atoms with Gasteiger partial charge in [0.25, 0.3) is 0 Å². The number of hydrogen-bond acceptors (Lipinski definition) is 4. The second kappa shape index (κ2) is 8.47. The van der Waals surface area contributed by atoms with E-state index in [2.05, 4.69) is 20.8 Å². The minimum atomic E-state index is -0.205. The van der Waals surface area contributed by atoms with Crippen LogP contribution in [0.1, 0.15) is 85.0 Å². The number of ether oxygens (including phenoxy) is 1. The van der Waals surface area contributed by atoms with Gasteiger partial charge in [0.15, 0.2) is 8.46 Å². The van der Waals surface area contributed by atoms with Gasteiger partial charge in [0.2, 0.25) is 0 Å². The van der Waals surface area contributed by atoms with Crippen molar-refractivity contribution in [2.75, 3.05) is 7.11 Å². The maximum Gasteiger partial charge on any atom is 0.305 e. The minimum absolute atomic E-state index is 0.0972. The number of rotatable bonds is 5. The van der Waals surface area contributed by atoms with E-state index in [-0.39, 0.29) is 17.5 Å². The van der Waals surface area contributed by atoms with Crippen LogP contribution in [0.5, 0.6) is 0 Å². The summed E-state index contributed by atoms with van der Waals surface area (Å²) in [4.78, 5) is 11.7. The van der Waals surface area contributed by atoms with Crippen molar-refractivity contribution in [1.82, 2.24) is 0 Å². The lowest BCUT2D eigenvalue weighted by Gasteiger charge is -2.62. The number of carbonyl (C=O) groups is 1. The van der Waals surface area contributed by atoms with Gasteiger partial charge in [-0.05, 0) is 104 Å². The molecule has 0 aromatic rings. The van der Waals surface area contributed by atoms with Crippen LogP contribution in [0, 0.1) is 46.3 Å². The van der Waals surface area contributed by atoms with Crippen LogP contribution in [0.25, 0.3) is 0 Å². The molecule has 4 fully saturated rings. The van der Waals surface area contributed by atoms with Crippen LogP contribution in [0.15, 0.2) is 0 Å². The number of esters is 1. The molecule has 4 saturated carbocycles. The van der Waals surface area contributed by atoms with E-state index in [1.54, 1.807) is 0 Å². The van der Waals surface area contributed by atoms with E-state index in [1.807, 2.05) is 0 Å². The third-order valence-electron chi connectivity index (χ3n) is 10.6. The summed E-state index contributed by atoms with van der Waals surface area (Å²) in [5.74, 6) is 3.22. The Morgan fingerprint density at radius 1 is 1.10 bits per heavy atom. The van der Waals surface area contributed by atoms with Crippen molar-refractivity contribution in [3.05, 3.63) is 0 Å². The zero-order valence-electron chi connectivity index (χ0n) is 19.3. The van der Waals surface area contributed by atoms with E-state index in [1.165, 1.54) is 39.2 Å². The molecule has 0 spiro atoms. The van der Waals surface area contributed by atoms with Crippen LogP contribution in [0.3, 0.4) is 0 Å². The molecule has 30 heavy (non-hydrogen) atoms. The van der Waals surface area contributed by atoms with Gasteiger partial charge in [-0.3, -0.25) is 9.36 Å². The lowest BCUT2D eigenvalue weighted by Crippen LogP contribution is -2.58. The molecule has 170 valence electrons. The molecule has 0 amide bonds. The third-order valence-corrected chi connectivity index (χ3v) is 11.4. The maximum atomic E-state index is 11.7. The fourth-order valence-electron chi connectivity index (χ4n) is 8.92. The third kappa shape index (κ3) is 3.58. The molecule has 0 aromatic carbocycles. The summed E-state index contributed by atoms with van der Waals surface area (Å²) in [7, 11) is 1.78. The van der Waals surface area contributed by atoms with Crippen LogP contribution in [-0.4, -0.2) is 29.9 Å². The van der Waals surface area contributed by atoms with Gasteiger partial charge in [-0.2, -0.15) is 0 Å². The van der Waals surface area contributed by atoms with Gasteiger partial charge < -0.3 is 9.84 Å². The van der Waals surface area contributed by atoms with Gasteiger partial charge in [-0.15, -0.1) is 0 Å². The van der Waals surface area contributed by atoms with Gasteiger partial charge >= 0.3 is 5.97 Å². The van der Waals surface area contributed by atoms with Crippen LogP contribution in [0.4, 0.5) is 0 Å². The predicted octanol–water partition coefficient (Wildman–Crippen LogP) is 5.87. The van der Waals surface area contributed by atoms with E-state index in [4.69, 9.17) is 4.74 Å². The van der Waals surface area contributed by atoms with Crippen molar-refractivity contribution in [3.8, 4) is 0 Å². The number of aliphatic hydroxyl groups is 1. The van der Waals surface area contributed by atoms with Crippen LogP contribution in [0.2, 0.25) is 0 Å². The van der Waals surface area contributed by atoms with E-state index in [0.717, 1.165) is 25.7 Å². The Hall–Kier alpha value is -0.470. The van der Waals surface area contributed by atoms with Crippen molar-refractivity contribution < 1.29 is 19.2 Å². The average Bonchev–Trinajstić information content (AvgIpc) is 3.09. The summed E-state index contributed by atoms with van der Waals surface area (Å²) in [5, 5.41) is 11.4. The second-order valence-corrected chi connectivity index (χ2v) is 12.6. The highest BCUT2D eigenvalue weighted by Crippen LogP contribution is 2.68. The molecular weight excluding hydrogens is 395 g/mol. The topological polar surface area (TPSA) is 63.6 Å². The first-order valence-electron chi connectivity index (χ1n) is 12.3. The second-order valence-electron chi connectivity index (χ2n) is 11.7. The lowest BCUT2D eigenvalue weighted by atomic mass is 9.44. The summed E-state index contributed by atoms with van der Waals surface area (Å²) in [6.07, 6.45) is 10.3. The standard InChI is InChI=1S/C25H41O4P/c1-15(5-8-22(27)29-4)18-6-7-19-23-20(10-12-25(18,19)3)24(2)11-9-17(30-28)13-16(24)14-21(23)26/h15-21,23,26H,5-14H2,1-4H3/t15-,16+,17-,18-,19?,20?,21-,23?,24+,25-/m1/s1. The van der Waals surface area contributed by atoms with Crippen LogP contribution < -0.4 is 0 Å². The monoisotopic (exact) mass is 436 g/mol. The maximum absolute atomic E-state index is 11.7. The van der Waals surface area contributed by atoms with Crippen LogP contribution >= 0.6 is 8.46 Å². The molecule has 1 N–H and O–H groups in total. The number of methoxy groups -OCH3 is 1. The lowest BCUT2D eigenvalue weighted by molar-refractivity contribution is -0.164. The summed E-state index contributed by atoms with van der Waals surface area (Å²) in [6, 6.07) is 0. The van der Waals surface area contributed by atoms with Crippen molar-refractivity contribution in [1.29, 1.82) is 0 Å². The Bertz CT molecular complexity index is 668. The first-order valence-corrected chi connectivity index (χ1v) is 13.2. The Balaban J connectivity index is 1.52. The highest BCUT2D eigenvalue weighted by Gasteiger charge is 2.62. The highest BCUT2D eigenvalue weighted by molar-refractivity contribution is 7.24. The molecule has 3 unspecified atom stereocenters. The molecule has 4 aliphatic carbocycles. The first-order chi connectivity index (χ1) is 14.2. The summed E-state index contributed by atoms with van der Waals surface area (Å²) in [5.41, 5.74) is 0.888. The Morgan fingerprint density at radius 3 is 2.50 bits per heavy atom. The zero-order valence-corrected chi connectivity index (χ0v) is 20.2. The number of fused-ring (bicyclic) bond motifs is 5. The molecule has 0 aliphatic heterocycles. The fourth-order valence-corrected chi connectivity index (χ4v) is 9.50. The number of hydrogen-bond donors (Lipinski definition) is 1. The first kappa shape index (κ1) is 22.7. The molecule has 0 aromatic heterocycles. The molecule has 0 heterocycles. The SMILES string of the molecule is COC(=O)CC[C@@H](C)[C@H]1CCC2C3C(CC[C@@]21C)[C@@]1(C)CC[C@@H](P=O)C[C@H]1C[C@H]3O. The average molecular weight is 437 g/mol. The minimum Gasteiger partial charge on any atom is -0.469 e. The van der Waals surface area contributed by atoms with Crippen molar-refractivity contribution in [2.24, 2.45) is 46.3 Å².